The molecule has 0 saturated heterocycles. The van der Waals surface area contributed by atoms with Crippen LogP contribution in [-0.2, 0) is 9.47 Å². The first-order chi connectivity index (χ1) is 9.19. The van der Waals surface area contributed by atoms with E-state index in [9.17, 15) is 4.79 Å². The van der Waals surface area contributed by atoms with Crippen LogP contribution in [0.15, 0.2) is 12.3 Å². The molecule has 1 amide bonds. The first kappa shape index (κ1) is 15.7. The molecule has 0 bridgehead atoms. The van der Waals surface area contributed by atoms with Gasteiger partial charge < -0.3 is 20.1 Å². The SMILES string of the molecule is CNc1cc(C(=O)NCCOCCOC)c(Cl)cn1. The van der Waals surface area contributed by atoms with Gasteiger partial charge in [0.05, 0.1) is 30.4 Å². The number of halogens is 1. The molecular formula is C12H18ClN3O3. The molecule has 1 aromatic rings. The summed E-state index contributed by atoms with van der Waals surface area (Å²) >= 11 is 5.93. The number of hydrogen-bond donors (Lipinski definition) is 2. The van der Waals surface area contributed by atoms with Crippen molar-refractivity contribution in [3.05, 3.63) is 22.8 Å². The Morgan fingerprint density at radius 3 is 2.89 bits per heavy atom. The van der Waals surface area contributed by atoms with Crippen molar-refractivity contribution in [3.8, 4) is 0 Å². The van der Waals surface area contributed by atoms with Crippen molar-refractivity contribution in [1.29, 1.82) is 0 Å². The lowest BCUT2D eigenvalue weighted by Crippen LogP contribution is -2.28. The van der Waals surface area contributed by atoms with Gasteiger partial charge in [-0.25, -0.2) is 4.98 Å². The highest BCUT2D eigenvalue weighted by Crippen LogP contribution is 2.17. The zero-order valence-corrected chi connectivity index (χ0v) is 11.8. The van der Waals surface area contributed by atoms with Gasteiger partial charge in [0.15, 0.2) is 0 Å². The summed E-state index contributed by atoms with van der Waals surface area (Å²) in [5, 5.41) is 5.89. The van der Waals surface area contributed by atoms with Crippen LogP contribution in [0, 0.1) is 0 Å². The number of pyridine rings is 1. The minimum atomic E-state index is -0.251. The number of methoxy groups -OCH3 is 1. The first-order valence-electron chi connectivity index (χ1n) is 5.87. The van der Waals surface area contributed by atoms with Crippen LogP contribution in [0.25, 0.3) is 0 Å². The number of ether oxygens (including phenoxy) is 2. The fraction of sp³-hybridized carbons (Fsp3) is 0.500. The molecule has 0 unspecified atom stereocenters. The number of carbonyl (C=O) groups excluding carboxylic acids is 1. The van der Waals surface area contributed by atoms with Crippen LogP contribution < -0.4 is 10.6 Å². The Kier molecular flexibility index (Phi) is 7.17. The smallest absolute Gasteiger partial charge is 0.253 e. The van der Waals surface area contributed by atoms with Gasteiger partial charge in [-0.3, -0.25) is 4.79 Å². The van der Waals surface area contributed by atoms with E-state index in [2.05, 4.69) is 15.6 Å². The third-order valence-electron chi connectivity index (χ3n) is 2.32. The number of rotatable bonds is 8. The van der Waals surface area contributed by atoms with Gasteiger partial charge in [0, 0.05) is 26.9 Å². The maximum absolute atomic E-state index is 11.9. The summed E-state index contributed by atoms with van der Waals surface area (Å²) in [4.78, 5) is 15.9. The summed E-state index contributed by atoms with van der Waals surface area (Å²) in [5.74, 6) is 0.338. The number of nitrogens with zero attached hydrogens (tertiary/aromatic N) is 1. The van der Waals surface area contributed by atoms with Crippen LogP contribution in [-0.4, -0.2) is 51.4 Å². The minimum Gasteiger partial charge on any atom is -0.382 e. The van der Waals surface area contributed by atoms with Crippen LogP contribution >= 0.6 is 11.6 Å². The van der Waals surface area contributed by atoms with Gasteiger partial charge in [-0.1, -0.05) is 11.6 Å². The summed E-state index contributed by atoms with van der Waals surface area (Å²) < 4.78 is 10.1. The van der Waals surface area contributed by atoms with Crippen LogP contribution in [0.4, 0.5) is 5.82 Å². The summed E-state index contributed by atoms with van der Waals surface area (Å²) in [6, 6.07) is 1.60. The zero-order valence-electron chi connectivity index (χ0n) is 11.0. The van der Waals surface area contributed by atoms with E-state index in [-0.39, 0.29) is 5.91 Å². The molecule has 0 spiro atoms. The number of hydrogen-bond acceptors (Lipinski definition) is 5. The van der Waals surface area contributed by atoms with Crippen molar-refractivity contribution in [1.82, 2.24) is 10.3 Å². The van der Waals surface area contributed by atoms with Crippen molar-refractivity contribution in [3.63, 3.8) is 0 Å². The first-order valence-corrected chi connectivity index (χ1v) is 6.25. The molecule has 106 valence electrons. The highest BCUT2D eigenvalue weighted by atomic mass is 35.5. The van der Waals surface area contributed by atoms with Gasteiger partial charge in [0.2, 0.25) is 0 Å². The van der Waals surface area contributed by atoms with Crippen LogP contribution in [0.3, 0.4) is 0 Å². The zero-order chi connectivity index (χ0) is 14.1. The number of amides is 1. The molecule has 19 heavy (non-hydrogen) atoms. The summed E-state index contributed by atoms with van der Waals surface area (Å²) in [5.41, 5.74) is 0.387. The molecule has 1 rings (SSSR count). The van der Waals surface area contributed by atoms with Crippen molar-refractivity contribution < 1.29 is 14.3 Å². The molecule has 0 atom stereocenters. The standard InChI is InChI=1S/C12H18ClN3O3/c1-14-11-7-9(10(13)8-16-11)12(17)15-3-4-19-6-5-18-2/h7-8H,3-6H2,1-2H3,(H,14,16)(H,15,17). The number of carbonyl (C=O) groups is 1. The van der Waals surface area contributed by atoms with E-state index in [4.69, 9.17) is 21.1 Å². The van der Waals surface area contributed by atoms with Crippen LogP contribution in [0.5, 0.6) is 0 Å². The lowest BCUT2D eigenvalue weighted by atomic mass is 10.2. The predicted molar refractivity (Wildman–Crippen MR) is 73.8 cm³/mol. The third-order valence-corrected chi connectivity index (χ3v) is 2.62. The Hall–Kier alpha value is -1.37. The molecule has 1 aromatic heterocycles. The Balaban J connectivity index is 2.40. The average Bonchev–Trinajstić information content (AvgIpc) is 2.43. The normalized spacial score (nSPS) is 10.3. The molecule has 0 saturated carbocycles. The van der Waals surface area contributed by atoms with Gasteiger partial charge in [-0.05, 0) is 6.07 Å². The Morgan fingerprint density at radius 2 is 2.21 bits per heavy atom. The highest BCUT2D eigenvalue weighted by Gasteiger charge is 2.11. The van der Waals surface area contributed by atoms with E-state index in [0.29, 0.717) is 42.8 Å². The number of anilines is 1. The van der Waals surface area contributed by atoms with Gasteiger partial charge in [0.1, 0.15) is 5.82 Å². The van der Waals surface area contributed by atoms with Crippen molar-refractivity contribution in [2.75, 3.05) is 45.8 Å². The minimum absolute atomic E-state index is 0.251. The summed E-state index contributed by atoms with van der Waals surface area (Å²) in [6.45, 7) is 1.88. The fourth-order valence-electron chi connectivity index (χ4n) is 1.33. The maximum Gasteiger partial charge on any atom is 0.253 e. The van der Waals surface area contributed by atoms with E-state index in [1.807, 2.05) is 0 Å². The van der Waals surface area contributed by atoms with Crippen LogP contribution in [0.1, 0.15) is 10.4 Å². The summed E-state index contributed by atoms with van der Waals surface area (Å²) in [7, 11) is 3.33. The molecule has 6 nitrogen and oxygen atoms in total. The molecular weight excluding hydrogens is 270 g/mol. The molecule has 0 aromatic carbocycles. The van der Waals surface area contributed by atoms with E-state index < -0.39 is 0 Å². The molecule has 2 N–H and O–H groups in total. The Morgan fingerprint density at radius 1 is 1.42 bits per heavy atom. The van der Waals surface area contributed by atoms with Crippen LogP contribution in [0.2, 0.25) is 5.02 Å². The Bertz CT molecular complexity index is 415. The van der Waals surface area contributed by atoms with E-state index in [1.54, 1.807) is 20.2 Å². The second-order valence-corrected chi connectivity index (χ2v) is 4.07. The van der Waals surface area contributed by atoms with Crippen molar-refractivity contribution in [2.24, 2.45) is 0 Å². The quantitative estimate of drug-likeness (QED) is 0.702. The topological polar surface area (TPSA) is 72.5 Å². The van der Waals surface area contributed by atoms with Gasteiger partial charge in [0.25, 0.3) is 5.91 Å². The van der Waals surface area contributed by atoms with Gasteiger partial charge >= 0.3 is 0 Å². The second kappa shape index (κ2) is 8.68. The largest absolute Gasteiger partial charge is 0.382 e. The van der Waals surface area contributed by atoms with E-state index in [1.165, 1.54) is 6.20 Å². The number of aromatic nitrogens is 1. The highest BCUT2D eigenvalue weighted by molar-refractivity contribution is 6.33. The van der Waals surface area contributed by atoms with E-state index >= 15 is 0 Å². The molecule has 0 radical (unpaired) electrons. The Labute approximate surface area is 117 Å². The average molecular weight is 288 g/mol. The maximum atomic E-state index is 11.9. The molecule has 0 aliphatic rings. The van der Waals surface area contributed by atoms with Gasteiger partial charge in [-0.15, -0.1) is 0 Å². The second-order valence-electron chi connectivity index (χ2n) is 3.66. The molecule has 0 aliphatic heterocycles. The lowest BCUT2D eigenvalue weighted by Gasteiger charge is -2.08. The molecule has 0 aliphatic carbocycles. The predicted octanol–water partition coefficient (Wildman–Crippen LogP) is 1.17. The monoisotopic (exact) mass is 287 g/mol. The molecule has 1 heterocycles. The summed E-state index contributed by atoms with van der Waals surface area (Å²) in [6.07, 6.45) is 1.44. The van der Waals surface area contributed by atoms with Crippen molar-refractivity contribution >= 4 is 23.3 Å². The van der Waals surface area contributed by atoms with Crippen molar-refractivity contribution in [2.45, 2.75) is 0 Å². The third kappa shape index (κ3) is 5.42. The molecule has 7 heteroatoms. The van der Waals surface area contributed by atoms with E-state index in [0.717, 1.165) is 0 Å². The number of nitrogens with one attached hydrogen (secondary N) is 2. The van der Waals surface area contributed by atoms with Gasteiger partial charge in [-0.2, -0.15) is 0 Å². The lowest BCUT2D eigenvalue weighted by molar-refractivity contribution is 0.0693. The fourth-order valence-corrected chi connectivity index (χ4v) is 1.51. The molecule has 0 fully saturated rings.